The van der Waals surface area contributed by atoms with E-state index in [4.69, 9.17) is 0 Å². The SMILES string of the molecule is CCNCc1ccc(CN2CCSC(C)C2)nc1. The maximum absolute atomic E-state index is 4.56. The average molecular weight is 265 g/mol. The largest absolute Gasteiger partial charge is 0.313 e. The molecule has 18 heavy (non-hydrogen) atoms. The molecule has 0 bridgehead atoms. The molecule has 0 aliphatic carbocycles. The molecule has 2 rings (SSSR count). The van der Waals surface area contributed by atoms with Crippen LogP contribution in [-0.4, -0.2) is 40.5 Å². The van der Waals surface area contributed by atoms with Crippen LogP contribution in [0.25, 0.3) is 0 Å². The molecule has 1 saturated heterocycles. The number of rotatable bonds is 5. The lowest BCUT2D eigenvalue weighted by atomic mass is 10.2. The van der Waals surface area contributed by atoms with Crippen LogP contribution in [-0.2, 0) is 13.1 Å². The van der Waals surface area contributed by atoms with E-state index in [1.807, 2.05) is 6.20 Å². The molecule has 1 aliphatic rings. The standard InChI is InChI=1S/C14H23N3S/c1-3-15-8-13-4-5-14(16-9-13)11-17-6-7-18-12(2)10-17/h4-5,9,12,15H,3,6-8,10-11H2,1-2H3. The molecule has 1 aromatic rings. The lowest BCUT2D eigenvalue weighted by Gasteiger charge is -2.30. The predicted octanol–water partition coefficient (Wildman–Crippen LogP) is 2.13. The molecule has 2 heterocycles. The van der Waals surface area contributed by atoms with Gasteiger partial charge in [0.1, 0.15) is 0 Å². The lowest BCUT2D eigenvalue weighted by molar-refractivity contribution is 0.275. The Labute approximate surface area is 114 Å². The number of pyridine rings is 1. The molecule has 1 unspecified atom stereocenters. The zero-order chi connectivity index (χ0) is 12.8. The maximum Gasteiger partial charge on any atom is 0.0544 e. The Morgan fingerprint density at radius 2 is 2.39 bits per heavy atom. The van der Waals surface area contributed by atoms with Gasteiger partial charge in [-0.25, -0.2) is 0 Å². The molecule has 0 saturated carbocycles. The number of hydrogen-bond donors (Lipinski definition) is 1. The first-order chi connectivity index (χ1) is 8.78. The van der Waals surface area contributed by atoms with Crippen LogP contribution in [0.4, 0.5) is 0 Å². The quantitative estimate of drug-likeness (QED) is 0.883. The molecule has 100 valence electrons. The maximum atomic E-state index is 4.56. The summed E-state index contributed by atoms with van der Waals surface area (Å²) in [5.74, 6) is 1.25. The van der Waals surface area contributed by atoms with Gasteiger partial charge in [-0.3, -0.25) is 9.88 Å². The summed E-state index contributed by atoms with van der Waals surface area (Å²) in [5, 5.41) is 4.07. The van der Waals surface area contributed by atoms with Gasteiger partial charge >= 0.3 is 0 Å². The van der Waals surface area contributed by atoms with Gasteiger partial charge in [-0.05, 0) is 18.2 Å². The topological polar surface area (TPSA) is 28.2 Å². The Balaban J connectivity index is 1.85. The normalized spacial score (nSPS) is 21.1. The van der Waals surface area contributed by atoms with Crippen molar-refractivity contribution in [3.8, 4) is 0 Å². The summed E-state index contributed by atoms with van der Waals surface area (Å²) in [6, 6.07) is 4.35. The highest BCUT2D eigenvalue weighted by atomic mass is 32.2. The van der Waals surface area contributed by atoms with E-state index in [2.05, 4.69) is 52.9 Å². The van der Waals surface area contributed by atoms with Gasteiger partial charge in [0.2, 0.25) is 0 Å². The molecular formula is C14H23N3S. The summed E-state index contributed by atoms with van der Waals surface area (Å²) in [4.78, 5) is 7.07. The molecule has 0 aromatic carbocycles. The fourth-order valence-electron chi connectivity index (χ4n) is 2.19. The van der Waals surface area contributed by atoms with Crippen LogP contribution < -0.4 is 5.32 Å². The van der Waals surface area contributed by atoms with E-state index in [1.54, 1.807) is 0 Å². The van der Waals surface area contributed by atoms with Crippen LogP contribution in [0.15, 0.2) is 18.3 Å². The molecule has 3 nitrogen and oxygen atoms in total. The van der Waals surface area contributed by atoms with E-state index in [0.717, 1.165) is 24.9 Å². The Kier molecular flexibility index (Phi) is 5.47. The monoisotopic (exact) mass is 265 g/mol. The lowest BCUT2D eigenvalue weighted by Crippen LogP contribution is -2.36. The summed E-state index contributed by atoms with van der Waals surface area (Å²) in [7, 11) is 0. The summed E-state index contributed by atoms with van der Waals surface area (Å²) in [6.07, 6.45) is 2.00. The van der Waals surface area contributed by atoms with Crippen LogP contribution >= 0.6 is 11.8 Å². The van der Waals surface area contributed by atoms with Gasteiger partial charge < -0.3 is 5.32 Å². The first-order valence-electron chi connectivity index (χ1n) is 6.76. The Morgan fingerprint density at radius 1 is 1.50 bits per heavy atom. The van der Waals surface area contributed by atoms with Gasteiger partial charge in [-0.1, -0.05) is 19.9 Å². The smallest absolute Gasteiger partial charge is 0.0544 e. The minimum Gasteiger partial charge on any atom is -0.313 e. The van der Waals surface area contributed by atoms with Crippen molar-refractivity contribution in [3.05, 3.63) is 29.6 Å². The second kappa shape index (κ2) is 7.12. The first kappa shape index (κ1) is 13.8. The zero-order valence-electron chi connectivity index (χ0n) is 11.4. The highest BCUT2D eigenvalue weighted by Crippen LogP contribution is 2.19. The molecule has 1 N–H and O–H groups in total. The number of nitrogens with zero attached hydrogens (tertiary/aromatic N) is 2. The fraction of sp³-hybridized carbons (Fsp3) is 0.643. The van der Waals surface area contributed by atoms with Crippen molar-refractivity contribution < 1.29 is 0 Å². The van der Waals surface area contributed by atoms with Crippen molar-refractivity contribution in [1.29, 1.82) is 0 Å². The van der Waals surface area contributed by atoms with E-state index in [0.29, 0.717) is 0 Å². The fourth-order valence-corrected chi connectivity index (χ4v) is 3.27. The Morgan fingerprint density at radius 3 is 3.06 bits per heavy atom. The van der Waals surface area contributed by atoms with Crippen molar-refractivity contribution in [2.75, 3.05) is 25.4 Å². The van der Waals surface area contributed by atoms with Crippen LogP contribution in [0.5, 0.6) is 0 Å². The minimum atomic E-state index is 0.756. The van der Waals surface area contributed by atoms with Crippen LogP contribution in [0, 0.1) is 0 Å². The highest BCUT2D eigenvalue weighted by Gasteiger charge is 2.16. The molecule has 1 aromatic heterocycles. The number of aromatic nitrogens is 1. The van der Waals surface area contributed by atoms with E-state index < -0.39 is 0 Å². The molecule has 0 amide bonds. The van der Waals surface area contributed by atoms with Gasteiger partial charge in [0.25, 0.3) is 0 Å². The van der Waals surface area contributed by atoms with Gasteiger partial charge in [-0.2, -0.15) is 11.8 Å². The minimum absolute atomic E-state index is 0.756. The first-order valence-corrected chi connectivity index (χ1v) is 7.81. The van der Waals surface area contributed by atoms with Crippen molar-refractivity contribution in [2.45, 2.75) is 32.2 Å². The summed E-state index contributed by atoms with van der Waals surface area (Å²) in [6.45, 7) is 9.72. The van der Waals surface area contributed by atoms with Crippen LogP contribution in [0.3, 0.4) is 0 Å². The highest BCUT2D eigenvalue weighted by molar-refractivity contribution is 7.99. The molecule has 1 aliphatic heterocycles. The molecule has 4 heteroatoms. The van der Waals surface area contributed by atoms with Crippen molar-refractivity contribution in [1.82, 2.24) is 15.2 Å². The zero-order valence-corrected chi connectivity index (χ0v) is 12.2. The second-order valence-corrected chi connectivity index (χ2v) is 6.40. The van der Waals surface area contributed by atoms with Crippen molar-refractivity contribution in [2.24, 2.45) is 0 Å². The third-order valence-electron chi connectivity index (χ3n) is 3.18. The predicted molar refractivity (Wildman–Crippen MR) is 78.8 cm³/mol. The van der Waals surface area contributed by atoms with Crippen LogP contribution in [0.1, 0.15) is 25.1 Å². The van der Waals surface area contributed by atoms with Gasteiger partial charge in [0.05, 0.1) is 5.69 Å². The van der Waals surface area contributed by atoms with E-state index in [9.17, 15) is 0 Å². The van der Waals surface area contributed by atoms with E-state index in [-0.39, 0.29) is 0 Å². The number of hydrogen-bond acceptors (Lipinski definition) is 4. The number of thioether (sulfide) groups is 1. The summed E-state index contributed by atoms with van der Waals surface area (Å²) >= 11 is 2.07. The van der Waals surface area contributed by atoms with Gasteiger partial charge in [0.15, 0.2) is 0 Å². The summed E-state index contributed by atoms with van der Waals surface area (Å²) in [5.41, 5.74) is 2.46. The van der Waals surface area contributed by atoms with Crippen LogP contribution in [0.2, 0.25) is 0 Å². The second-order valence-electron chi connectivity index (χ2n) is 4.85. The Bertz CT molecular complexity index is 353. The number of nitrogens with one attached hydrogen (secondary N) is 1. The molecule has 1 fully saturated rings. The van der Waals surface area contributed by atoms with Crippen molar-refractivity contribution >= 4 is 11.8 Å². The molecule has 1 atom stereocenters. The van der Waals surface area contributed by atoms with E-state index in [1.165, 1.54) is 30.1 Å². The molecular weight excluding hydrogens is 242 g/mol. The van der Waals surface area contributed by atoms with Gasteiger partial charge in [0, 0.05) is 43.4 Å². The molecule has 0 spiro atoms. The van der Waals surface area contributed by atoms with Gasteiger partial charge in [-0.15, -0.1) is 0 Å². The third kappa shape index (κ3) is 4.26. The average Bonchev–Trinajstić information content (AvgIpc) is 2.38. The summed E-state index contributed by atoms with van der Waals surface area (Å²) < 4.78 is 0. The molecule has 0 radical (unpaired) electrons. The van der Waals surface area contributed by atoms with Crippen molar-refractivity contribution in [3.63, 3.8) is 0 Å². The van der Waals surface area contributed by atoms with E-state index >= 15 is 0 Å². The Hall–Kier alpha value is -0.580. The third-order valence-corrected chi connectivity index (χ3v) is 4.31.